The molecule has 13 heavy (non-hydrogen) atoms. The van der Waals surface area contributed by atoms with E-state index in [1.54, 1.807) is 0 Å². The Hall–Kier alpha value is 0.280. The van der Waals surface area contributed by atoms with E-state index in [9.17, 15) is 0 Å². The molecule has 0 aromatic carbocycles. The minimum Gasteiger partial charge on any atom is -0.298 e. The van der Waals surface area contributed by atoms with Crippen LogP contribution < -0.4 is 0 Å². The smallest absolute Gasteiger partial charge is 0.0434 e. The summed E-state index contributed by atoms with van der Waals surface area (Å²) in [7, 11) is 0. The lowest BCUT2D eigenvalue weighted by atomic mass is 9.92. The molecule has 0 amide bonds. The fourth-order valence-corrected chi connectivity index (χ4v) is 2.41. The number of hydrogen-bond donors (Lipinski definition) is 0. The first-order valence-electron chi connectivity index (χ1n) is 4.79. The van der Waals surface area contributed by atoms with Gasteiger partial charge in [0.15, 0.2) is 0 Å². The lowest BCUT2D eigenvalue weighted by Crippen LogP contribution is -2.39. The van der Waals surface area contributed by atoms with Crippen molar-refractivity contribution in [3.8, 4) is 0 Å². The molecule has 1 fully saturated rings. The highest BCUT2D eigenvalue weighted by Gasteiger charge is 2.21. The lowest BCUT2D eigenvalue weighted by molar-refractivity contribution is 0.154. The maximum Gasteiger partial charge on any atom is 0.0434 e. The SMILES string of the molecule is CC1CC(C)CN(C/C(Cl)=C/Cl)C1. The van der Waals surface area contributed by atoms with Gasteiger partial charge in [0.2, 0.25) is 0 Å². The second-order valence-electron chi connectivity index (χ2n) is 4.20. The van der Waals surface area contributed by atoms with Gasteiger partial charge in [-0.3, -0.25) is 4.90 Å². The van der Waals surface area contributed by atoms with Crippen LogP contribution >= 0.6 is 23.2 Å². The van der Waals surface area contributed by atoms with Gasteiger partial charge in [-0.05, 0) is 18.3 Å². The van der Waals surface area contributed by atoms with E-state index in [0.717, 1.165) is 36.5 Å². The molecular formula is C10H17Cl2N. The molecule has 0 aromatic rings. The molecular weight excluding hydrogens is 205 g/mol. The van der Waals surface area contributed by atoms with E-state index in [1.807, 2.05) is 0 Å². The molecule has 1 aliphatic heterocycles. The molecule has 0 bridgehead atoms. The quantitative estimate of drug-likeness (QED) is 0.693. The highest BCUT2D eigenvalue weighted by Crippen LogP contribution is 2.22. The highest BCUT2D eigenvalue weighted by atomic mass is 35.5. The third kappa shape index (κ3) is 3.88. The Morgan fingerprint density at radius 1 is 1.38 bits per heavy atom. The number of rotatable bonds is 2. The summed E-state index contributed by atoms with van der Waals surface area (Å²) < 4.78 is 0. The number of likely N-dealkylation sites (tertiary alicyclic amines) is 1. The molecule has 0 aliphatic carbocycles. The van der Waals surface area contributed by atoms with Crippen LogP contribution in [0.5, 0.6) is 0 Å². The molecule has 2 atom stereocenters. The summed E-state index contributed by atoms with van der Waals surface area (Å²) in [5, 5.41) is 0.739. The van der Waals surface area contributed by atoms with Gasteiger partial charge in [0.1, 0.15) is 0 Å². The minimum atomic E-state index is 0.739. The van der Waals surface area contributed by atoms with E-state index in [1.165, 1.54) is 12.0 Å². The van der Waals surface area contributed by atoms with Crippen LogP contribution in [0.3, 0.4) is 0 Å². The summed E-state index contributed by atoms with van der Waals surface area (Å²) in [6.45, 7) is 7.68. The average Bonchev–Trinajstić information content (AvgIpc) is 2.02. The van der Waals surface area contributed by atoms with Gasteiger partial charge in [0, 0.05) is 30.2 Å². The Balaban J connectivity index is 2.41. The summed E-state index contributed by atoms with van der Waals surface area (Å²) in [4.78, 5) is 2.38. The van der Waals surface area contributed by atoms with Gasteiger partial charge in [-0.25, -0.2) is 0 Å². The van der Waals surface area contributed by atoms with Gasteiger partial charge in [-0.2, -0.15) is 0 Å². The average molecular weight is 222 g/mol. The van der Waals surface area contributed by atoms with Crippen molar-refractivity contribution in [1.82, 2.24) is 4.90 Å². The van der Waals surface area contributed by atoms with Crippen molar-refractivity contribution in [2.24, 2.45) is 11.8 Å². The molecule has 76 valence electrons. The third-order valence-corrected chi connectivity index (χ3v) is 3.04. The first kappa shape index (κ1) is 11.4. The zero-order chi connectivity index (χ0) is 9.84. The summed E-state index contributed by atoms with van der Waals surface area (Å²) in [5.41, 5.74) is 1.46. The normalized spacial score (nSPS) is 32.2. The van der Waals surface area contributed by atoms with Crippen LogP contribution in [0, 0.1) is 11.8 Å². The molecule has 0 N–H and O–H groups in total. The molecule has 1 saturated heterocycles. The Morgan fingerprint density at radius 2 is 1.92 bits per heavy atom. The molecule has 0 aromatic heterocycles. The summed E-state index contributed by atoms with van der Waals surface area (Å²) in [6, 6.07) is 0. The molecule has 0 radical (unpaired) electrons. The number of halogens is 2. The zero-order valence-corrected chi connectivity index (χ0v) is 9.78. The number of hydrogen-bond acceptors (Lipinski definition) is 1. The molecule has 3 heteroatoms. The van der Waals surface area contributed by atoms with Crippen LogP contribution in [0.2, 0.25) is 0 Å². The van der Waals surface area contributed by atoms with Crippen LogP contribution in [0.1, 0.15) is 20.3 Å². The van der Waals surface area contributed by atoms with E-state index < -0.39 is 0 Å². The summed E-state index contributed by atoms with van der Waals surface area (Å²) >= 11 is 11.4. The van der Waals surface area contributed by atoms with Gasteiger partial charge in [-0.1, -0.05) is 37.0 Å². The Kier molecular flexibility index (Phi) is 4.57. The molecule has 1 rings (SSSR count). The van der Waals surface area contributed by atoms with E-state index in [0.29, 0.717) is 0 Å². The Morgan fingerprint density at radius 3 is 2.38 bits per heavy atom. The van der Waals surface area contributed by atoms with Crippen molar-refractivity contribution >= 4 is 23.2 Å². The van der Waals surface area contributed by atoms with Crippen molar-refractivity contribution < 1.29 is 0 Å². The standard InChI is InChI=1S/C10H17Cl2N/c1-8-3-9(2)6-13(5-8)7-10(12)4-11/h4,8-9H,3,5-7H2,1-2H3/b10-4-. The monoisotopic (exact) mass is 221 g/mol. The predicted octanol–water partition coefficient (Wildman–Crippen LogP) is 3.28. The molecule has 0 saturated carbocycles. The fourth-order valence-electron chi connectivity index (χ4n) is 2.17. The van der Waals surface area contributed by atoms with E-state index in [-0.39, 0.29) is 0 Å². The van der Waals surface area contributed by atoms with E-state index in [2.05, 4.69) is 18.7 Å². The highest BCUT2D eigenvalue weighted by molar-refractivity contribution is 6.36. The number of piperidine rings is 1. The Bertz CT molecular complexity index is 181. The van der Waals surface area contributed by atoms with Crippen LogP contribution in [-0.4, -0.2) is 24.5 Å². The minimum absolute atomic E-state index is 0.739. The maximum absolute atomic E-state index is 5.88. The molecule has 0 spiro atoms. The van der Waals surface area contributed by atoms with E-state index in [4.69, 9.17) is 23.2 Å². The predicted molar refractivity (Wildman–Crippen MR) is 59.2 cm³/mol. The zero-order valence-electron chi connectivity index (χ0n) is 8.26. The molecule has 1 nitrogen and oxygen atoms in total. The molecule has 1 heterocycles. The Labute approximate surface area is 90.7 Å². The van der Waals surface area contributed by atoms with Crippen molar-refractivity contribution in [3.63, 3.8) is 0 Å². The second-order valence-corrected chi connectivity index (χ2v) is 4.90. The van der Waals surface area contributed by atoms with Gasteiger partial charge < -0.3 is 0 Å². The lowest BCUT2D eigenvalue weighted by Gasteiger charge is -2.34. The van der Waals surface area contributed by atoms with Gasteiger partial charge >= 0.3 is 0 Å². The van der Waals surface area contributed by atoms with Gasteiger partial charge in [-0.15, -0.1) is 0 Å². The van der Waals surface area contributed by atoms with Crippen LogP contribution in [-0.2, 0) is 0 Å². The van der Waals surface area contributed by atoms with Crippen LogP contribution in [0.4, 0.5) is 0 Å². The van der Waals surface area contributed by atoms with Gasteiger partial charge in [0.05, 0.1) is 0 Å². The van der Waals surface area contributed by atoms with Gasteiger partial charge in [0.25, 0.3) is 0 Å². The van der Waals surface area contributed by atoms with E-state index >= 15 is 0 Å². The van der Waals surface area contributed by atoms with Crippen molar-refractivity contribution in [3.05, 3.63) is 10.6 Å². The summed E-state index contributed by atoms with van der Waals surface area (Å²) in [6.07, 6.45) is 1.33. The van der Waals surface area contributed by atoms with Crippen LogP contribution in [0.15, 0.2) is 10.6 Å². The van der Waals surface area contributed by atoms with Crippen molar-refractivity contribution in [2.45, 2.75) is 20.3 Å². The third-order valence-electron chi connectivity index (χ3n) is 2.44. The fraction of sp³-hybridized carbons (Fsp3) is 0.800. The second kappa shape index (κ2) is 5.23. The van der Waals surface area contributed by atoms with Crippen molar-refractivity contribution in [2.75, 3.05) is 19.6 Å². The molecule has 2 unspecified atom stereocenters. The first-order valence-corrected chi connectivity index (χ1v) is 5.60. The van der Waals surface area contributed by atoms with Crippen molar-refractivity contribution in [1.29, 1.82) is 0 Å². The molecule has 1 aliphatic rings. The largest absolute Gasteiger partial charge is 0.298 e. The maximum atomic E-state index is 5.88. The first-order chi connectivity index (χ1) is 6.11. The number of nitrogens with zero attached hydrogens (tertiary/aromatic N) is 1. The summed E-state index contributed by atoms with van der Waals surface area (Å²) in [5.74, 6) is 1.56. The topological polar surface area (TPSA) is 3.24 Å². The van der Waals surface area contributed by atoms with Crippen LogP contribution in [0.25, 0.3) is 0 Å².